The van der Waals surface area contributed by atoms with Crippen molar-refractivity contribution in [3.8, 4) is 0 Å². The molecule has 0 bridgehead atoms. The van der Waals surface area contributed by atoms with Gasteiger partial charge in [0.05, 0.1) is 14.2 Å². The number of carbonyl (C=O) groups excluding carboxylic acids is 2. The van der Waals surface area contributed by atoms with Gasteiger partial charge in [0.15, 0.2) is 5.41 Å². The normalized spacial score (nSPS) is 10.9. The van der Waals surface area contributed by atoms with E-state index < -0.39 is 17.4 Å². The van der Waals surface area contributed by atoms with Crippen molar-refractivity contribution in [2.75, 3.05) is 14.2 Å². The first-order valence-electron chi connectivity index (χ1n) is 6.81. The van der Waals surface area contributed by atoms with Gasteiger partial charge >= 0.3 is 11.9 Å². The topological polar surface area (TPSA) is 52.6 Å². The van der Waals surface area contributed by atoms with Crippen molar-refractivity contribution in [3.05, 3.63) is 35.9 Å². The maximum atomic E-state index is 12.1. The van der Waals surface area contributed by atoms with Crippen molar-refractivity contribution < 1.29 is 19.1 Å². The van der Waals surface area contributed by atoms with E-state index in [9.17, 15) is 9.59 Å². The van der Waals surface area contributed by atoms with Crippen LogP contribution >= 0.6 is 0 Å². The number of hydrogen-bond acceptors (Lipinski definition) is 4. The maximum absolute atomic E-state index is 12.1. The van der Waals surface area contributed by atoms with Crippen molar-refractivity contribution >= 4 is 11.9 Å². The van der Waals surface area contributed by atoms with Gasteiger partial charge in [-0.05, 0) is 24.8 Å². The van der Waals surface area contributed by atoms with Crippen molar-refractivity contribution in [1.82, 2.24) is 0 Å². The van der Waals surface area contributed by atoms with E-state index >= 15 is 0 Å². The molecule has 0 saturated carbocycles. The molecule has 0 unspecified atom stereocenters. The lowest BCUT2D eigenvalue weighted by molar-refractivity contribution is -0.170. The van der Waals surface area contributed by atoms with Crippen molar-refractivity contribution in [3.63, 3.8) is 0 Å². The zero-order valence-electron chi connectivity index (χ0n) is 12.3. The van der Waals surface area contributed by atoms with Crippen molar-refractivity contribution in [2.24, 2.45) is 5.41 Å². The summed E-state index contributed by atoms with van der Waals surface area (Å²) in [5.74, 6) is -1.02. The van der Waals surface area contributed by atoms with Crippen LogP contribution in [-0.2, 0) is 25.5 Å². The van der Waals surface area contributed by atoms with E-state index in [-0.39, 0.29) is 0 Å². The Hall–Kier alpha value is -1.84. The predicted molar refractivity (Wildman–Crippen MR) is 76.1 cm³/mol. The SMILES string of the molecule is CCCC(CCc1ccccc1)(C(=O)OC)C(=O)OC. The van der Waals surface area contributed by atoms with Gasteiger partial charge in [0.2, 0.25) is 0 Å². The zero-order chi connectivity index (χ0) is 15.0. The molecule has 4 nitrogen and oxygen atoms in total. The highest BCUT2D eigenvalue weighted by Gasteiger charge is 2.47. The van der Waals surface area contributed by atoms with Crippen LogP contribution in [0.4, 0.5) is 0 Å². The molecule has 1 aromatic carbocycles. The summed E-state index contributed by atoms with van der Waals surface area (Å²) < 4.78 is 9.68. The standard InChI is InChI=1S/C16H22O4/c1-4-11-16(14(17)19-2,15(18)20-3)12-10-13-8-6-5-7-9-13/h5-9H,4,10-12H2,1-3H3. The third kappa shape index (κ3) is 3.59. The number of rotatable bonds is 7. The molecule has 0 radical (unpaired) electrons. The van der Waals surface area contributed by atoms with E-state index in [1.807, 2.05) is 37.3 Å². The van der Waals surface area contributed by atoms with Gasteiger partial charge in [-0.1, -0.05) is 43.7 Å². The lowest BCUT2D eigenvalue weighted by Crippen LogP contribution is -2.41. The average Bonchev–Trinajstić information content (AvgIpc) is 2.50. The van der Waals surface area contributed by atoms with E-state index in [0.29, 0.717) is 25.7 Å². The minimum Gasteiger partial charge on any atom is -0.468 e. The maximum Gasteiger partial charge on any atom is 0.323 e. The number of aryl methyl sites for hydroxylation is 1. The Kier molecular flexibility index (Phi) is 6.22. The second-order valence-corrected chi connectivity index (χ2v) is 4.80. The number of carbonyl (C=O) groups is 2. The lowest BCUT2D eigenvalue weighted by atomic mass is 9.78. The van der Waals surface area contributed by atoms with E-state index in [1.54, 1.807) is 0 Å². The van der Waals surface area contributed by atoms with Crippen LogP contribution in [0.25, 0.3) is 0 Å². The summed E-state index contributed by atoms with van der Waals surface area (Å²) in [4.78, 5) is 24.2. The summed E-state index contributed by atoms with van der Waals surface area (Å²) in [5.41, 5.74) is -0.116. The molecule has 0 aliphatic rings. The Morgan fingerprint density at radius 3 is 2.00 bits per heavy atom. The van der Waals surface area contributed by atoms with E-state index in [0.717, 1.165) is 5.56 Å². The van der Waals surface area contributed by atoms with Crippen LogP contribution in [0.15, 0.2) is 30.3 Å². The highest BCUT2D eigenvalue weighted by atomic mass is 16.5. The molecular weight excluding hydrogens is 256 g/mol. The van der Waals surface area contributed by atoms with Gasteiger partial charge in [-0.15, -0.1) is 0 Å². The second kappa shape index (κ2) is 7.68. The molecule has 0 amide bonds. The molecule has 1 aromatic rings. The Balaban J connectivity index is 2.96. The molecule has 0 spiro atoms. The molecular formula is C16H22O4. The Labute approximate surface area is 120 Å². The molecule has 0 saturated heterocycles. The number of benzene rings is 1. The molecule has 4 heteroatoms. The monoisotopic (exact) mass is 278 g/mol. The summed E-state index contributed by atoms with van der Waals surface area (Å²) in [6.45, 7) is 1.93. The molecule has 0 aromatic heterocycles. The summed E-state index contributed by atoms with van der Waals surface area (Å²) >= 11 is 0. The van der Waals surface area contributed by atoms with Crippen molar-refractivity contribution in [2.45, 2.75) is 32.6 Å². The molecule has 0 fully saturated rings. The minimum atomic E-state index is -1.20. The summed E-state index contributed by atoms with van der Waals surface area (Å²) in [5, 5.41) is 0. The fourth-order valence-corrected chi connectivity index (χ4v) is 2.44. The summed E-state index contributed by atoms with van der Waals surface area (Å²) in [6, 6.07) is 9.76. The third-order valence-corrected chi connectivity index (χ3v) is 3.51. The van der Waals surface area contributed by atoms with Gasteiger partial charge in [0.25, 0.3) is 0 Å². The zero-order valence-corrected chi connectivity index (χ0v) is 12.3. The van der Waals surface area contributed by atoms with Gasteiger partial charge in [-0.3, -0.25) is 9.59 Å². The minimum absolute atomic E-state index is 0.393. The van der Waals surface area contributed by atoms with Gasteiger partial charge in [0.1, 0.15) is 0 Å². The van der Waals surface area contributed by atoms with Crippen LogP contribution in [0.3, 0.4) is 0 Å². The smallest absolute Gasteiger partial charge is 0.323 e. The largest absolute Gasteiger partial charge is 0.468 e. The summed E-state index contributed by atoms with van der Waals surface area (Å²) in [6.07, 6.45) is 2.16. The van der Waals surface area contributed by atoms with Gasteiger partial charge in [-0.25, -0.2) is 0 Å². The molecule has 1 rings (SSSR count). The van der Waals surface area contributed by atoms with Crippen LogP contribution in [0.1, 0.15) is 31.7 Å². The van der Waals surface area contributed by atoms with E-state index in [4.69, 9.17) is 9.47 Å². The highest BCUT2D eigenvalue weighted by Crippen LogP contribution is 2.33. The quantitative estimate of drug-likeness (QED) is 0.568. The molecule has 0 atom stereocenters. The van der Waals surface area contributed by atoms with Gasteiger partial charge in [0, 0.05) is 0 Å². The number of esters is 2. The van der Waals surface area contributed by atoms with Gasteiger partial charge < -0.3 is 9.47 Å². The molecule has 20 heavy (non-hydrogen) atoms. The molecule has 0 aliphatic carbocycles. The van der Waals surface area contributed by atoms with Gasteiger partial charge in [-0.2, -0.15) is 0 Å². The Bertz CT molecular complexity index is 423. The van der Waals surface area contributed by atoms with Crippen LogP contribution in [-0.4, -0.2) is 26.2 Å². The van der Waals surface area contributed by atoms with Crippen LogP contribution in [0.5, 0.6) is 0 Å². The predicted octanol–water partition coefficient (Wildman–Crippen LogP) is 2.75. The van der Waals surface area contributed by atoms with E-state index in [1.165, 1.54) is 14.2 Å². The first-order valence-corrected chi connectivity index (χ1v) is 6.81. The number of ether oxygens (including phenoxy) is 2. The molecule has 0 aliphatic heterocycles. The first-order chi connectivity index (χ1) is 9.60. The van der Waals surface area contributed by atoms with Crippen LogP contribution in [0, 0.1) is 5.41 Å². The Morgan fingerprint density at radius 2 is 1.55 bits per heavy atom. The fourth-order valence-electron chi connectivity index (χ4n) is 2.44. The molecule has 0 N–H and O–H groups in total. The second-order valence-electron chi connectivity index (χ2n) is 4.80. The lowest BCUT2D eigenvalue weighted by Gasteiger charge is -2.27. The Morgan fingerprint density at radius 1 is 1.00 bits per heavy atom. The number of methoxy groups -OCH3 is 2. The van der Waals surface area contributed by atoms with Crippen LogP contribution < -0.4 is 0 Å². The molecule has 0 heterocycles. The molecule has 110 valence electrons. The fraction of sp³-hybridized carbons (Fsp3) is 0.500. The average molecular weight is 278 g/mol. The third-order valence-electron chi connectivity index (χ3n) is 3.51. The summed E-state index contributed by atoms with van der Waals surface area (Å²) in [7, 11) is 2.61. The first kappa shape index (κ1) is 16.2. The number of hydrogen-bond donors (Lipinski definition) is 0. The highest BCUT2D eigenvalue weighted by molar-refractivity contribution is 6.00. The van der Waals surface area contributed by atoms with Crippen molar-refractivity contribution in [1.29, 1.82) is 0 Å². The van der Waals surface area contributed by atoms with E-state index in [2.05, 4.69) is 0 Å². The van der Waals surface area contributed by atoms with Crippen LogP contribution in [0.2, 0.25) is 0 Å².